The van der Waals surface area contributed by atoms with E-state index in [-0.39, 0.29) is 24.5 Å². The summed E-state index contributed by atoms with van der Waals surface area (Å²) in [5.41, 5.74) is 2.90. The number of nitriles is 1. The number of nitrogens with one attached hydrogen (secondary N) is 1. The molecule has 0 saturated heterocycles. The van der Waals surface area contributed by atoms with E-state index < -0.39 is 0 Å². The molecular formula is C28H30N4O4. The van der Waals surface area contributed by atoms with E-state index in [0.717, 1.165) is 31.2 Å². The van der Waals surface area contributed by atoms with E-state index in [1.165, 1.54) is 11.4 Å². The van der Waals surface area contributed by atoms with Crippen molar-refractivity contribution in [2.45, 2.75) is 52.0 Å². The third kappa shape index (κ3) is 5.92. The number of benzene rings is 2. The molecule has 36 heavy (non-hydrogen) atoms. The zero-order valence-corrected chi connectivity index (χ0v) is 20.6. The summed E-state index contributed by atoms with van der Waals surface area (Å²) in [5, 5.41) is 17.8. The van der Waals surface area contributed by atoms with Gasteiger partial charge in [-0.3, -0.25) is 9.59 Å². The van der Waals surface area contributed by atoms with Gasteiger partial charge in [0.1, 0.15) is 0 Å². The van der Waals surface area contributed by atoms with Crippen LogP contribution in [0.15, 0.2) is 53.1 Å². The molecule has 2 amide bonds. The van der Waals surface area contributed by atoms with E-state index in [9.17, 15) is 9.59 Å². The minimum Gasteiger partial charge on any atom is -0.490 e. The molecule has 4 rings (SSSR count). The van der Waals surface area contributed by atoms with E-state index >= 15 is 0 Å². The predicted octanol–water partition coefficient (Wildman–Crippen LogP) is 4.59. The Hall–Kier alpha value is -4.12. The van der Waals surface area contributed by atoms with Crippen LogP contribution in [0.2, 0.25) is 0 Å². The van der Waals surface area contributed by atoms with E-state index in [4.69, 9.17) is 14.7 Å². The van der Waals surface area contributed by atoms with Gasteiger partial charge in [-0.25, -0.2) is 0 Å². The maximum atomic E-state index is 13.1. The summed E-state index contributed by atoms with van der Waals surface area (Å²) >= 11 is 0. The van der Waals surface area contributed by atoms with Crippen molar-refractivity contribution in [1.29, 1.82) is 5.26 Å². The van der Waals surface area contributed by atoms with Gasteiger partial charge in [0, 0.05) is 6.04 Å². The minimum atomic E-state index is -0.255. The van der Waals surface area contributed by atoms with Crippen LogP contribution in [0.5, 0.6) is 11.5 Å². The van der Waals surface area contributed by atoms with Crippen LogP contribution in [-0.4, -0.2) is 36.8 Å². The van der Waals surface area contributed by atoms with Crippen LogP contribution in [0.4, 0.5) is 5.69 Å². The molecule has 1 N–H and O–H groups in total. The molecule has 1 aliphatic carbocycles. The van der Waals surface area contributed by atoms with Crippen molar-refractivity contribution in [3.05, 3.63) is 59.2 Å². The van der Waals surface area contributed by atoms with Crippen LogP contribution in [0, 0.1) is 11.3 Å². The Kier molecular flexibility index (Phi) is 8.01. The van der Waals surface area contributed by atoms with Crippen LogP contribution in [0.3, 0.4) is 0 Å². The van der Waals surface area contributed by atoms with Crippen molar-refractivity contribution in [3.63, 3.8) is 0 Å². The first-order valence-electron chi connectivity index (χ1n) is 12.3. The number of anilines is 1. The first-order valence-corrected chi connectivity index (χ1v) is 12.3. The number of hydrazone groups is 1. The molecule has 1 aliphatic heterocycles. The zero-order chi connectivity index (χ0) is 25.5. The summed E-state index contributed by atoms with van der Waals surface area (Å²) in [7, 11) is 0. The fraction of sp³-hybridized carbons (Fsp3) is 0.357. The maximum absolute atomic E-state index is 13.1. The predicted molar refractivity (Wildman–Crippen MR) is 138 cm³/mol. The fourth-order valence-electron chi connectivity index (χ4n) is 4.36. The molecule has 8 nitrogen and oxygen atoms in total. The van der Waals surface area contributed by atoms with Gasteiger partial charge in [0.2, 0.25) is 0 Å². The highest BCUT2D eigenvalue weighted by Gasteiger charge is 2.28. The van der Waals surface area contributed by atoms with Crippen molar-refractivity contribution >= 4 is 29.3 Å². The number of hydrogen-bond donors (Lipinski definition) is 1. The second kappa shape index (κ2) is 11.5. The third-order valence-electron chi connectivity index (χ3n) is 6.21. The lowest BCUT2D eigenvalue weighted by Gasteiger charge is -2.22. The van der Waals surface area contributed by atoms with Gasteiger partial charge in [-0.05, 0) is 74.7 Å². The molecule has 2 aromatic rings. The van der Waals surface area contributed by atoms with Crippen molar-refractivity contribution < 1.29 is 19.1 Å². The summed E-state index contributed by atoms with van der Waals surface area (Å²) in [6.07, 6.45) is 7.32. The normalized spacial score (nSPS) is 17.0. The Morgan fingerprint density at radius 3 is 2.58 bits per heavy atom. The van der Waals surface area contributed by atoms with Crippen LogP contribution < -0.4 is 19.8 Å². The first kappa shape index (κ1) is 25.0. The highest BCUT2D eigenvalue weighted by molar-refractivity contribution is 6.32. The summed E-state index contributed by atoms with van der Waals surface area (Å²) in [4.78, 5) is 25.4. The van der Waals surface area contributed by atoms with Crippen molar-refractivity contribution in [2.24, 2.45) is 5.10 Å². The molecule has 0 atom stereocenters. The van der Waals surface area contributed by atoms with Crippen LogP contribution in [-0.2, 0) is 9.59 Å². The summed E-state index contributed by atoms with van der Waals surface area (Å²) in [6, 6.07) is 14.3. The van der Waals surface area contributed by atoms with Crippen molar-refractivity contribution in [3.8, 4) is 17.6 Å². The summed E-state index contributed by atoms with van der Waals surface area (Å²) in [6.45, 7) is 3.99. The largest absolute Gasteiger partial charge is 0.490 e. The first-order chi connectivity index (χ1) is 17.5. The molecule has 1 saturated carbocycles. The molecular weight excluding hydrogens is 456 g/mol. The Labute approximate surface area is 211 Å². The Morgan fingerprint density at radius 2 is 1.89 bits per heavy atom. The quantitative estimate of drug-likeness (QED) is 0.550. The van der Waals surface area contributed by atoms with E-state index in [2.05, 4.69) is 16.5 Å². The third-order valence-corrected chi connectivity index (χ3v) is 6.21. The molecule has 8 heteroatoms. The molecule has 0 bridgehead atoms. The highest BCUT2D eigenvalue weighted by atomic mass is 16.5. The number of rotatable bonds is 8. The molecule has 2 aromatic carbocycles. The van der Waals surface area contributed by atoms with Crippen molar-refractivity contribution in [2.75, 3.05) is 18.2 Å². The lowest BCUT2D eigenvalue weighted by molar-refractivity contribution is -0.124. The van der Waals surface area contributed by atoms with Gasteiger partial charge in [0.05, 0.1) is 35.2 Å². The molecule has 0 aromatic heterocycles. The lowest BCUT2D eigenvalue weighted by atomic mass is 9.95. The Morgan fingerprint density at radius 1 is 1.14 bits per heavy atom. The monoisotopic (exact) mass is 486 g/mol. The van der Waals surface area contributed by atoms with E-state index in [1.54, 1.807) is 49.4 Å². The number of amides is 2. The SMILES string of the molecule is CCOc1cc(/C=C2/C(=O)N(c3ccc(C#N)cc3)N=C2C)ccc1OCC(=O)NC1CCCCC1. The molecule has 0 spiro atoms. The number of carbonyl (C=O) groups excluding carboxylic acids is 2. The standard InChI is InChI=1S/C28H30N4O4/c1-3-35-26-16-21(11-14-25(26)36-18-27(33)30-22-7-5-4-6-8-22)15-24-19(2)31-32(28(24)34)23-12-9-20(17-29)10-13-23/h9-16,22H,3-8,18H2,1-2H3,(H,30,33)/b24-15+. The lowest BCUT2D eigenvalue weighted by Crippen LogP contribution is -2.39. The molecule has 1 heterocycles. The molecule has 1 fully saturated rings. The fourth-order valence-corrected chi connectivity index (χ4v) is 4.36. The second-order valence-electron chi connectivity index (χ2n) is 8.85. The molecule has 186 valence electrons. The average Bonchev–Trinajstić information content (AvgIpc) is 3.17. The number of carbonyl (C=O) groups is 2. The van der Waals surface area contributed by atoms with Gasteiger partial charge in [-0.2, -0.15) is 15.4 Å². The molecule has 0 unspecified atom stereocenters. The van der Waals surface area contributed by atoms with Crippen LogP contribution >= 0.6 is 0 Å². The van der Waals surface area contributed by atoms with Gasteiger partial charge in [-0.15, -0.1) is 0 Å². The summed E-state index contributed by atoms with van der Waals surface area (Å²) in [5.74, 6) is 0.582. The van der Waals surface area contributed by atoms with Crippen LogP contribution in [0.25, 0.3) is 6.08 Å². The minimum absolute atomic E-state index is 0.0825. The number of nitrogens with zero attached hydrogens (tertiary/aromatic N) is 3. The second-order valence-corrected chi connectivity index (χ2v) is 8.85. The average molecular weight is 487 g/mol. The number of hydrogen-bond acceptors (Lipinski definition) is 6. The van der Waals surface area contributed by atoms with Gasteiger partial charge in [-0.1, -0.05) is 25.3 Å². The Bertz CT molecular complexity index is 1220. The van der Waals surface area contributed by atoms with Crippen LogP contribution in [0.1, 0.15) is 57.1 Å². The van der Waals surface area contributed by atoms with Gasteiger partial charge in [0.15, 0.2) is 18.1 Å². The number of ether oxygens (including phenoxy) is 2. The molecule has 2 aliphatic rings. The zero-order valence-electron chi connectivity index (χ0n) is 20.6. The van der Waals surface area contributed by atoms with E-state index in [1.807, 2.05) is 13.0 Å². The van der Waals surface area contributed by atoms with E-state index in [0.29, 0.717) is 40.6 Å². The maximum Gasteiger partial charge on any atom is 0.280 e. The highest BCUT2D eigenvalue weighted by Crippen LogP contribution is 2.31. The van der Waals surface area contributed by atoms with Gasteiger partial charge in [0.25, 0.3) is 11.8 Å². The van der Waals surface area contributed by atoms with Crippen molar-refractivity contribution in [1.82, 2.24) is 5.32 Å². The molecule has 0 radical (unpaired) electrons. The van der Waals surface area contributed by atoms with Gasteiger partial charge >= 0.3 is 0 Å². The smallest absolute Gasteiger partial charge is 0.280 e. The topological polar surface area (TPSA) is 104 Å². The van der Waals surface area contributed by atoms with Gasteiger partial charge < -0.3 is 14.8 Å². The Balaban J connectivity index is 1.46. The summed E-state index contributed by atoms with van der Waals surface area (Å²) < 4.78 is 11.5.